The third-order valence-electron chi connectivity index (χ3n) is 5.73. The number of non-ortho nitro benzene ring substituents is 2. The molecule has 0 aliphatic carbocycles. The summed E-state index contributed by atoms with van der Waals surface area (Å²) in [7, 11) is 0. The van der Waals surface area contributed by atoms with E-state index in [2.05, 4.69) is 4.98 Å². The Balaban J connectivity index is 1.52. The van der Waals surface area contributed by atoms with Gasteiger partial charge in [0.2, 0.25) is 0 Å². The highest BCUT2D eigenvalue weighted by molar-refractivity contribution is 6.03. The second-order valence-electron chi connectivity index (χ2n) is 8.13. The fourth-order valence-electron chi connectivity index (χ4n) is 3.84. The molecular formula is C27H16N4O8. The predicted molar refractivity (Wildman–Crippen MR) is 137 cm³/mol. The van der Waals surface area contributed by atoms with Gasteiger partial charge in [0.1, 0.15) is 17.2 Å². The van der Waals surface area contributed by atoms with E-state index in [1.54, 1.807) is 42.9 Å². The molecule has 5 rings (SSSR count). The van der Waals surface area contributed by atoms with Crippen LogP contribution in [0.3, 0.4) is 0 Å². The Morgan fingerprint density at radius 3 is 1.77 bits per heavy atom. The molecule has 0 atom stereocenters. The number of ether oxygens (including phenoxy) is 2. The van der Waals surface area contributed by atoms with Crippen molar-refractivity contribution in [3.05, 3.63) is 129 Å². The first kappa shape index (κ1) is 24.8. The van der Waals surface area contributed by atoms with Crippen LogP contribution >= 0.6 is 0 Å². The van der Waals surface area contributed by atoms with Crippen molar-refractivity contribution in [3.63, 3.8) is 0 Å². The zero-order valence-corrected chi connectivity index (χ0v) is 19.8. The summed E-state index contributed by atoms with van der Waals surface area (Å²) in [4.78, 5) is 51.0. The number of esters is 2. The van der Waals surface area contributed by atoms with Crippen molar-refractivity contribution in [3.8, 4) is 22.6 Å². The first-order valence-electron chi connectivity index (χ1n) is 11.3. The SMILES string of the molecule is O=C(Oc1ccc([N+](=O)[O-])cc1)c1cc(C(=O)Oc2ccc([N+](=O)[O-])cc2)n2ccc(-c3ccncc3)cc12. The molecule has 0 bridgehead atoms. The fraction of sp³-hybridized carbons (Fsp3) is 0. The van der Waals surface area contributed by atoms with E-state index >= 15 is 0 Å². The van der Waals surface area contributed by atoms with Crippen LogP contribution in [0, 0.1) is 20.2 Å². The molecule has 0 saturated carbocycles. The van der Waals surface area contributed by atoms with E-state index in [0.717, 1.165) is 11.1 Å². The Kier molecular flexibility index (Phi) is 6.49. The van der Waals surface area contributed by atoms with Crippen LogP contribution in [-0.4, -0.2) is 31.2 Å². The van der Waals surface area contributed by atoms with Gasteiger partial charge >= 0.3 is 11.9 Å². The van der Waals surface area contributed by atoms with Crippen LogP contribution in [0.25, 0.3) is 16.6 Å². The van der Waals surface area contributed by atoms with Gasteiger partial charge in [-0.15, -0.1) is 0 Å². The second kappa shape index (κ2) is 10.2. The highest BCUT2D eigenvalue weighted by atomic mass is 16.6. The molecule has 3 aromatic heterocycles. The number of carbonyl (C=O) groups is 2. The Labute approximate surface area is 219 Å². The summed E-state index contributed by atoms with van der Waals surface area (Å²) in [6.07, 6.45) is 4.84. The van der Waals surface area contributed by atoms with Gasteiger partial charge in [0.25, 0.3) is 11.4 Å². The smallest absolute Gasteiger partial charge is 0.360 e. The first-order valence-corrected chi connectivity index (χ1v) is 11.3. The van der Waals surface area contributed by atoms with E-state index in [4.69, 9.17) is 9.47 Å². The topological polar surface area (TPSA) is 156 Å². The van der Waals surface area contributed by atoms with Crippen LogP contribution in [0.2, 0.25) is 0 Å². The van der Waals surface area contributed by atoms with Gasteiger partial charge in [0.05, 0.1) is 20.9 Å². The maximum absolute atomic E-state index is 13.2. The Morgan fingerprint density at radius 2 is 1.23 bits per heavy atom. The van der Waals surface area contributed by atoms with Crippen molar-refractivity contribution < 1.29 is 28.9 Å². The third kappa shape index (κ3) is 5.15. The molecule has 192 valence electrons. The number of aromatic nitrogens is 2. The maximum Gasteiger partial charge on any atom is 0.360 e. The summed E-state index contributed by atoms with van der Waals surface area (Å²) in [5.74, 6) is -1.47. The van der Waals surface area contributed by atoms with Crippen LogP contribution in [0.1, 0.15) is 20.8 Å². The molecule has 0 spiro atoms. The lowest BCUT2D eigenvalue weighted by molar-refractivity contribution is -0.385. The number of fused-ring (bicyclic) bond motifs is 1. The predicted octanol–water partition coefficient (Wildman–Crippen LogP) is 5.26. The van der Waals surface area contributed by atoms with Gasteiger partial charge in [-0.25, -0.2) is 9.59 Å². The molecule has 0 unspecified atom stereocenters. The molecule has 5 aromatic rings. The van der Waals surface area contributed by atoms with Crippen molar-refractivity contribution in [1.29, 1.82) is 0 Å². The number of carbonyl (C=O) groups excluding carboxylic acids is 2. The number of nitro groups is 2. The zero-order valence-electron chi connectivity index (χ0n) is 19.8. The molecule has 0 radical (unpaired) electrons. The van der Waals surface area contributed by atoms with Gasteiger partial charge in [0.15, 0.2) is 0 Å². The summed E-state index contributed by atoms with van der Waals surface area (Å²) in [5, 5.41) is 21.8. The summed E-state index contributed by atoms with van der Waals surface area (Å²) in [5.41, 5.74) is 1.61. The Morgan fingerprint density at radius 1 is 0.692 bits per heavy atom. The Bertz CT molecular complexity index is 1730. The minimum atomic E-state index is -0.815. The first-order chi connectivity index (χ1) is 18.8. The van der Waals surface area contributed by atoms with Crippen molar-refractivity contribution in [2.45, 2.75) is 0 Å². The van der Waals surface area contributed by atoms with E-state index in [9.17, 15) is 29.8 Å². The van der Waals surface area contributed by atoms with E-state index in [-0.39, 0.29) is 34.1 Å². The monoisotopic (exact) mass is 524 g/mol. The van der Waals surface area contributed by atoms with E-state index in [0.29, 0.717) is 5.52 Å². The lowest BCUT2D eigenvalue weighted by Crippen LogP contribution is -2.11. The minimum absolute atomic E-state index is 0.000260. The van der Waals surface area contributed by atoms with Gasteiger partial charge < -0.3 is 13.9 Å². The van der Waals surface area contributed by atoms with Crippen molar-refractivity contribution >= 4 is 28.8 Å². The molecule has 0 saturated heterocycles. The molecule has 3 heterocycles. The van der Waals surface area contributed by atoms with Crippen LogP contribution < -0.4 is 9.47 Å². The van der Waals surface area contributed by atoms with Gasteiger partial charge in [-0.05, 0) is 65.7 Å². The average molecular weight is 524 g/mol. The van der Waals surface area contributed by atoms with Gasteiger partial charge in [-0.2, -0.15) is 0 Å². The lowest BCUT2D eigenvalue weighted by atomic mass is 10.1. The normalized spacial score (nSPS) is 10.7. The third-order valence-corrected chi connectivity index (χ3v) is 5.73. The number of nitro benzene ring substituents is 2. The lowest BCUT2D eigenvalue weighted by Gasteiger charge is -2.07. The van der Waals surface area contributed by atoms with Crippen LogP contribution in [0.4, 0.5) is 11.4 Å². The molecule has 39 heavy (non-hydrogen) atoms. The molecule has 12 heteroatoms. The molecular weight excluding hydrogens is 508 g/mol. The molecule has 0 amide bonds. The summed E-state index contributed by atoms with van der Waals surface area (Å²) in [6, 6.07) is 18.3. The number of nitrogens with zero attached hydrogens (tertiary/aromatic N) is 4. The number of benzene rings is 2. The zero-order chi connectivity index (χ0) is 27.5. The highest BCUT2D eigenvalue weighted by Crippen LogP contribution is 2.27. The van der Waals surface area contributed by atoms with Crippen LogP contribution in [0.5, 0.6) is 11.5 Å². The molecule has 12 nitrogen and oxygen atoms in total. The minimum Gasteiger partial charge on any atom is -0.423 e. The molecule has 0 N–H and O–H groups in total. The number of pyridine rings is 2. The standard InChI is InChI=1S/C27H16N4O8/c32-26(38-21-5-1-19(2-6-21)30(34)35)23-16-25(27(33)39-22-7-3-20(4-8-22)31(36)37)29-14-11-18(15-24(23)29)17-9-12-28-13-10-17/h1-16H. The average Bonchev–Trinajstić information content (AvgIpc) is 3.33. The number of hydrogen-bond acceptors (Lipinski definition) is 9. The molecule has 0 aliphatic heterocycles. The summed E-state index contributed by atoms with van der Waals surface area (Å²) < 4.78 is 12.3. The van der Waals surface area contributed by atoms with Gasteiger partial charge in [-0.1, -0.05) is 0 Å². The second-order valence-corrected chi connectivity index (χ2v) is 8.13. The van der Waals surface area contributed by atoms with Gasteiger partial charge in [0, 0.05) is 42.9 Å². The van der Waals surface area contributed by atoms with Crippen LogP contribution in [-0.2, 0) is 0 Å². The quantitative estimate of drug-likeness (QED) is 0.120. The fourth-order valence-corrected chi connectivity index (χ4v) is 3.84. The highest BCUT2D eigenvalue weighted by Gasteiger charge is 2.23. The molecule has 2 aromatic carbocycles. The maximum atomic E-state index is 13.2. The Hall–Kier alpha value is -5.91. The number of hydrogen-bond donors (Lipinski definition) is 0. The van der Waals surface area contributed by atoms with E-state index in [1.165, 1.54) is 59.0 Å². The largest absolute Gasteiger partial charge is 0.423 e. The summed E-state index contributed by atoms with van der Waals surface area (Å²) >= 11 is 0. The van der Waals surface area contributed by atoms with Crippen molar-refractivity contribution in [2.24, 2.45) is 0 Å². The van der Waals surface area contributed by atoms with Gasteiger partial charge in [-0.3, -0.25) is 25.2 Å². The molecule has 0 fully saturated rings. The van der Waals surface area contributed by atoms with Crippen LogP contribution in [0.15, 0.2) is 97.5 Å². The number of rotatable bonds is 7. The van der Waals surface area contributed by atoms with E-state index < -0.39 is 21.8 Å². The summed E-state index contributed by atoms with van der Waals surface area (Å²) in [6.45, 7) is 0. The van der Waals surface area contributed by atoms with Crippen molar-refractivity contribution in [1.82, 2.24) is 9.38 Å². The molecule has 0 aliphatic rings. The van der Waals surface area contributed by atoms with Crippen molar-refractivity contribution in [2.75, 3.05) is 0 Å². The van der Waals surface area contributed by atoms with E-state index in [1.807, 2.05) is 0 Å².